The molecule has 0 aromatic carbocycles. The normalized spacial score (nSPS) is 21.8. The molecule has 0 aromatic rings. The highest BCUT2D eigenvalue weighted by atomic mass is 16.4. The summed E-state index contributed by atoms with van der Waals surface area (Å²) >= 11 is 0. The number of carboxylic acid groups (broad SMARTS) is 2. The minimum absolute atomic E-state index is 0.0398. The van der Waals surface area contributed by atoms with Crippen LogP contribution in [0.25, 0.3) is 0 Å². The summed E-state index contributed by atoms with van der Waals surface area (Å²) in [6.45, 7) is 1.64. The Kier molecular flexibility index (Phi) is 2.46. The van der Waals surface area contributed by atoms with Crippen molar-refractivity contribution in [1.82, 2.24) is 0 Å². The summed E-state index contributed by atoms with van der Waals surface area (Å²) in [6.07, 6.45) is 1.23. The Hall–Kier alpha value is -1.65. The molecule has 0 aromatic heterocycles. The average Bonchev–Trinajstić information content (AvgIpc) is 2.04. The van der Waals surface area contributed by atoms with Crippen molar-refractivity contribution in [3.8, 4) is 0 Å². The maximum Gasteiger partial charge on any atom is 0.333 e. The third-order valence-corrected chi connectivity index (χ3v) is 1.86. The molecule has 0 saturated heterocycles. The molecule has 13 heavy (non-hydrogen) atoms. The highest BCUT2D eigenvalue weighted by molar-refractivity contribution is 6.05. The molecule has 0 fully saturated rings. The van der Waals surface area contributed by atoms with Gasteiger partial charge < -0.3 is 10.2 Å². The van der Waals surface area contributed by atoms with Crippen LogP contribution in [0.15, 0.2) is 16.6 Å². The molecule has 5 heteroatoms. The zero-order chi connectivity index (χ0) is 10.0. The fraction of sp³-hybridized carbons (Fsp3) is 0.375. The summed E-state index contributed by atoms with van der Waals surface area (Å²) < 4.78 is 0. The lowest BCUT2D eigenvalue weighted by Gasteiger charge is -2.13. The molecule has 0 amide bonds. The van der Waals surface area contributed by atoms with Crippen molar-refractivity contribution in [2.24, 2.45) is 10.9 Å². The van der Waals surface area contributed by atoms with E-state index >= 15 is 0 Å². The molecule has 0 aliphatic carbocycles. The number of rotatable bonds is 2. The minimum Gasteiger partial charge on any atom is -0.481 e. The summed E-state index contributed by atoms with van der Waals surface area (Å²) in [5, 5.41) is 17.3. The number of carboxylic acids is 2. The van der Waals surface area contributed by atoms with E-state index in [0.29, 0.717) is 5.71 Å². The molecule has 1 aliphatic rings. The molecular weight excluding hydrogens is 174 g/mol. The Morgan fingerprint density at radius 1 is 1.54 bits per heavy atom. The van der Waals surface area contributed by atoms with Gasteiger partial charge in [0.25, 0.3) is 0 Å². The number of aliphatic carboxylic acids is 2. The van der Waals surface area contributed by atoms with Crippen LogP contribution in [-0.4, -0.2) is 34.4 Å². The molecule has 70 valence electrons. The SMILES string of the molecule is CC1=NCC(C(=O)O)=CC1C(=O)O. The number of hydrogen-bond acceptors (Lipinski definition) is 3. The summed E-state index contributed by atoms with van der Waals surface area (Å²) in [6, 6.07) is 0. The second-order valence-corrected chi connectivity index (χ2v) is 2.77. The predicted molar refractivity (Wildman–Crippen MR) is 44.8 cm³/mol. The van der Waals surface area contributed by atoms with Crippen LogP contribution in [-0.2, 0) is 9.59 Å². The van der Waals surface area contributed by atoms with E-state index in [1.165, 1.54) is 6.08 Å². The van der Waals surface area contributed by atoms with Crippen LogP contribution in [0, 0.1) is 5.92 Å². The van der Waals surface area contributed by atoms with Gasteiger partial charge in [-0.25, -0.2) is 4.79 Å². The standard InChI is InChI=1S/C8H9NO4/c1-4-6(8(12)13)2-5(3-9-4)7(10)11/h2,6H,3H2,1H3,(H,10,11)(H,12,13). The zero-order valence-corrected chi connectivity index (χ0v) is 7.02. The molecule has 5 nitrogen and oxygen atoms in total. The highest BCUT2D eigenvalue weighted by Crippen LogP contribution is 2.13. The quantitative estimate of drug-likeness (QED) is 0.639. The first kappa shape index (κ1) is 9.44. The van der Waals surface area contributed by atoms with E-state index in [0.717, 1.165) is 0 Å². The number of aliphatic imine (C=N–C) groups is 1. The monoisotopic (exact) mass is 183 g/mol. The third kappa shape index (κ3) is 1.93. The number of hydrogen-bond donors (Lipinski definition) is 2. The molecule has 0 spiro atoms. The van der Waals surface area contributed by atoms with Gasteiger partial charge >= 0.3 is 11.9 Å². The molecule has 1 aliphatic heterocycles. The van der Waals surface area contributed by atoms with Crippen molar-refractivity contribution >= 4 is 17.7 Å². The van der Waals surface area contributed by atoms with Crippen molar-refractivity contribution in [1.29, 1.82) is 0 Å². The van der Waals surface area contributed by atoms with Crippen molar-refractivity contribution in [3.63, 3.8) is 0 Å². The molecule has 2 N–H and O–H groups in total. The van der Waals surface area contributed by atoms with Gasteiger partial charge in [-0.05, 0) is 6.92 Å². The molecule has 1 rings (SSSR count). The first-order valence-electron chi connectivity index (χ1n) is 3.70. The summed E-state index contributed by atoms with van der Waals surface area (Å²) in [5.74, 6) is -3.07. The van der Waals surface area contributed by atoms with Gasteiger partial charge in [-0.1, -0.05) is 6.08 Å². The smallest absolute Gasteiger partial charge is 0.333 e. The molecule has 1 atom stereocenters. The fourth-order valence-electron chi connectivity index (χ4n) is 1.07. The van der Waals surface area contributed by atoms with Crippen LogP contribution in [0.4, 0.5) is 0 Å². The number of carbonyl (C=O) groups is 2. The minimum atomic E-state index is -1.11. The third-order valence-electron chi connectivity index (χ3n) is 1.86. The highest BCUT2D eigenvalue weighted by Gasteiger charge is 2.24. The molecule has 0 bridgehead atoms. The van der Waals surface area contributed by atoms with Gasteiger partial charge in [-0.15, -0.1) is 0 Å². The van der Waals surface area contributed by atoms with E-state index in [9.17, 15) is 9.59 Å². The van der Waals surface area contributed by atoms with Gasteiger partial charge in [0.2, 0.25) is 0 Å². The molecule has 0 radical (unpaired) electrons. The van der Waals surface area contributed by atoms with E-state index in [4.69, 9.17) is 10.2 Å². The second-order valence-electron chi connectivity index (χ2n) is 2.77. The maximum absolute atomic E-state index is 10.6. The van der Waals surface area contributed by atoms with Gasteiger partial charge in [0.15, 0.2) is 0 Å². The molecule has 1 heterocycles. The van der Waals surface area contributed by atoms with E-state index in [-0.39, 0.29) is 12.1 Å². The van der Waals surface area contributed by atoms with Crippen LogP contribution < -0.4 is 0 Å². The van der Waals surface area contributed by atoms with Gasteiger partial charge in [0.1, 0.15) is 5.92 Å². The van der Waals surface area contributed by atoms with Gasteiger partial charge in [-0.3, -0.25) is 9.79 Å². The second kappa shape index (κ2) is 3.38. The van der Waals surface area contributed by atoms with Crippen LogP contribution in [0.1, 0.15) is 6.92 Å². The van der Waals surface area contributed by atoms with Crippen LogP contribution in [0.3, 0.4) is 0 Å². The first-order chi connectivity index (χ1) is 6.02. The molecular formula is C8H9NO4. The maximum atomic E-state index is 10.6. The Balaban J connectivity index is 2.93. The van der Waals surface area contributed by atoms with Crippen LogP contribution >= 0.6 is 0 Å². The predicted octanol–water partition coefficient (Wildman–Crippen LogP) is 0.173. The lowest BCUT2D eigenvalue weighted by Crippen LogP contribution is -2.25. The van der Waals surface area contributed by atoms with Crippen LogP contribution in [0.2, 0.25) is 0 Å². The lowest BCUT2D eigenvalue weighted by molar-refractivity contribution is -0.138. The Morgan fingerprint density at radius 2 is 2.15 bits per heavy atom. The van der Waals surface area contributed by atoms with Crippen molar-refractivity contribution < 1.29 is 19.8 Å². The Bertz CT molecular complexity index is 316. The summed E-state index contributed by atoms with van der Waals surface area (Å²) in [7, 11) is 0. The lowest BCUT2D eigenvalue weighted by atomic mass is 9.98. The van der Waals surface area contributed by atoms with E-state index in [1.54, 1.807) is 6.92 Å². The fourth-order valence-corrected chi connectivity index (χ4v) is 1.07. The number of dihydropyridines is 1. The summed E-state index contributed by atoms with van der Waals surface area (Å²) in [4.78, 5) is 24.9. The van der Waals surface area contributed by atoms with Crippen LogP contribution in [0.5, 0.6) is 0 Å². The van der Waals surface area contributed by atoms with E-state index < -0.39 is 17.9 Å². The van der Waals surface area contributed by atoms with Gasteiger partial charge in [0.05, 0.1) is 12.1 Å². The average molecular weight is 183 g/mol. The van der Waals surface area contributed by atoms with Gasteiger partial charge in [0, 0.05) is 5.71 Å². The van der Waals surface area contributed by atoms with Crippen molar-refractivity contribution in [3.05, 3.63) is 11.6 Å². The molecule has 1 unspecified atom stereocenters. The van der Waals surface area contributed by atoms with Crippen molar-refractivity contribution in [2.75, 3.05) is 6.54 Å². The largest absolute Gasteiger partial charge is 0.481 e. The Labute approximate surface area is 74.4 Å². The molecule has 0 saturated carbocycles. The zero-order valence-electron chi connectivity index (χ0n) is 7.02. The van der Waals surface area contributed by atoms with E-state index in [2.05, 4.69) is 4.99 Å². The van der Waals surface area contributed by atoms with Gasteiger partial charge in [-0.2, -0.15) is 0 Å². The Morgan fingerprint density at radius 3 is 2.62 bits per heavy atom. The van der Waals surface area contributed by atoms with E-state index in [1.807, 2.05) is 0 Å². The number of nitrogens with zero attached hydrogens (tertiary/aromatic N) is 1. The topological polar surface area (TPSA) is 87.0 Å². The van der Waals surface area contributed by atoms with Crippen molar-refractivity contribution in [2.45, 2.75) is 6.92 Å². The first-order valence-corrected chi connectivity index (χ1v) is 3.70. The summed E-state index contributed by atoms with van der Waals surface area (Å²) in [5.41, 5.74) is 0.482.